The third-order valence-electron chi connectivity index (χ3n) is 1.96. The van der Waals surface area contributed by atoms with Gasteiger partial charge in [-0.25, -0.2) is 9.59 Å². The van der Waals surface area contributed by atoms with Gasteiger partial charge in [0.25, 0.3) is 0 Å². The highest BCUT2D eigenvalue weighted by Gasteiger charge is 2.25. The van der Waals surface area contributed by atoms with E-state index in [4.69, 9.17) is 10.2 Å². The van der Waals surface area contributed by atoms with Gasteiger partial charge in [-0.2, -0.15) is 0 Å². The zero-order valence-corrected chi connectivity index (χ0v) is 11.5. The van der Waals surface area contributed by atoms with E-state index in [1.54, 1.807) is 20.8 Å². The Hall–Kier alpha value is -1.83. The Labute approximate surface area is 111 Å². The molecule has 0 spiro atoms. The summed E-state index contributed by atoms with van der Waals surface area (Å²) in [5, 5.41) is 24.8. The Balaban J connectivity index is 4.19. The fourth-order valence-corrected chi connectivity index (χ4v) is 1.20. The Morgan fingerprint density at radius 1 is 1.21 bits per heavy atom. The van der Waals surface area contributed by atoms with Crippen molar-refractivity contribution in [1.82, 2.24) is 16.0 Å². The minimum atomic E-state index is -1.43. The van der Waals surface area contributed by atoms with Gasteiger partial charge in [0.15, 0.2) is 6.04 Å². The number of urea groups is 1. The molecule has 0 bridgehead atoms. The molecule has 0 aliphatic carbocycles. The van der Waals surface area contributed by atoms with E-state index in [9.17, 15) is 14.4 Å². The topological polar surface area (TPSA) is 128 Å². The van der Waals surface area contributed by atoms with Crippen LogP contribution in [0.25, 0.3) is 0 Å². The van der Waals surface area contributed by atoms with Crippen molar-refractivity contribution in [3.63, 3.8) is 0 Å². The molecule has 0 saturated heterocycles. The van der Waals surface area contributed by atoms with E-state index in [1.165, 1.54) is 6.92 Å². The number of rotatable bonds is 5. The number of carbonyl (C=O) groups is 3. The molecule has 0 unspecified atom stereocenters. The molecule has 0 radical (unpaired) electrons. The van der Waals surface area contributed by atoms with Crippen molar-refractivity contribution < 1.29 is 24.6 Å². The van der Waals surface area contributed by atoms with Gasteiger partial charge in [0.2, 0.25) is 5.91 Å². The quantitative estimate of drug-likeness (QED) is 0.441. The first-order valence-electron chi connectivity index (χ1n) is 5.79. The van der Waals surface area contributed by atoms with E-state index < -0.39 is 35.6 Å². The highest BCUT2D eigenvalue weighted by Crippen LogP contribution is 1.97. The third-order valence-corrected chi connectivity index (χ3v) is 1.96. The monoisotopic (exact) mass is 275 g/mol. The van der Waals surface area contributed by atoms with E-state index in [0.29, 0.717) is 0 Å². The van der Waals surface area contributed by atoms with Crippen LogP contribution in [0.15, 0.2) is 0 Å². The van der Waals surface area contributed by atoms with Crippen molar-refractivity contribution in [2.24, 2.45) is 0 Å². The smallest absolute Gasteiger partial charge is 0.328 e. The molecule has 0 aromatic rings. The van der Waals surface area contributed by atoms with Gasteiger partial charge in [-0.3, -0.25) is 4.79 Å². The summed E-state index contributed by atoms with van der Waals surface area (Å²) in [5.74, 6) is -1.75. The number of carbonyl (C=O) groups excluding carboxylic acids is 2. The molecule has 5 N–H and O–H groups in total. The maximum Gasteiger partial charge on any atom is 0.328 e. The molecule has 19 heavy (non-hydrogen) atoms. The molecule has 0 aliphatic rings. The maximum atomic E-state index is 11.4. The molecule has 0 fully saturated rings. The number of carboxylic acid groups (broad SMARTS) is 1. The first-order chi connectivity index (χ1) is 8.53. The summed E-state index contributed by atoms with van der Waals surface area (Å²) in [4.78, 5) is 33.5. The number of hydrogen-bond donors (Lipinski definition) is 5. The highest BCUT2D eigenvalue weighted by atomic mass is 16.4. The minimum absolute atomic E-state index is 0.282. The molecule has 2 atom stereocenters. The fraction of sp³-hybridized carbons (Fsp3) is 0.727. The fourth-order valence-electron chi connectivity index (χ4n) is 1.20. The van der Waals surface area contributed by atoms with Crippen LogP contribution < -0.4 is 16.0 Å². The second kappa shape index (κ2) is 6.93. The van der Waals surface area contributed by atoms with Crippen LogP contribution in [0.3, 0.4) is 0 Å². The lowest BCUT2D eigenvalue weighted by Crippen LogP contribution is -2.53. The molecule has 0 aromatic heterocycles. The highest BCUT2D eigenvalue weighted by molar-refractivity contribution is 5.87. The van der Waals surface area contributed by atoms with Crippen molar-refractivity contribution in [3.8, 4) is 0 Å². The number of amides is 3. The summed E-state index contributed by atoms with van der Waals surface area (Å²) in [6.07, 6.45) is -1.24. The number of aliphatic hydroxyl groups is 1. The summed E-state index contributed by atoms with van der Waals surface area (Å²) in [5.41, 5.74) is -0.418. The van der Waals surface area contributed by atoms with E-state index in [1.807, 2.05) is 0 Å². The van der Waals surface area contributed by atoms with Crippen molar-refractivity contribution in [2.75, 3.05) is 6.54 Å². The van der Waals surface area contributed by atoms with Gasteiger partial charge < -0.3 is 26.2 Å². The summed E-state index contributed by atoms with van der Waals surface area (Å²) < 4.78 is 0. The molecular formula is C11H21N3O5. The molecule has 8 nitrogen and oxygen atoms in total. The predicted octanol–water partition coefficient (Wildman–Crippen LogP) is -0.966. The summed E-state index contributed by atoms with van der Waals surface area (Å²) in [6, 6.07) is -2.26. The van der Waals surface area contributed by atoms with Gasteiger partial charge in [0.05, 0.1) is 12.6 Å². The van der Waals surface area contributed by atoms with Gasteiger partial charge in [0, 0.05) is 5.54 Å². The number of aliphatic hydroxyl groups excluding tert-OH is 1. The van der Waals surface area contributed by atoms with Gasteiger partial charge in [-0.15, -0.1) is 0 Å². The summed E-state index contributed by atoms with van der Waals surface area (Å²) in [6.45, 7) is 6.33. The van der Waals surface area contributed by atoms with E-state index >= 15 is 0 Å². The van der Waals surface area contributed by atoms with Crippen LogP contribution in [0.2, 0.25) is 0 Å². The summed E-state index contributed by atoms with van der Waals surface area (Å²) in [7, 11) is 0. The van der Waals surface area contributed by atoms with E-state index in [0.717, 1.165) is 0 Å². The van der Waals surface area contributed by atoms with E-state index in [2.05, 4.69) is 16.0 Å². The van der Waals surface area contributed by atoms with Crippen LogP contribution in [0.5, 0.6) is 0 Å². The second-order valence-corrected chi connectivity index (χ2v) is 5.18. The van der Waals surface area contributed by atoms with Crippen LogP contribution in [0.1, 0.15) is 27.7 Å². The zero-order valence-electron chi connectivity index (χ0n) is 11.5. The zero-order chi connectivity index (χ0) is 15.2. The first kappa shape index (κ1) is 17.2. The number of nitrogens with one attached hydrogen (secondary N) is 3. The predicted molar refractivity (Wildman–Crippen MR) is 67.5 cm³/mol. The number of hydrogen-bond acceptors (Lipinski definition) is 4. The Morgan fingerprint density at radius 2 is 1.74 bits per heavy atom. The lowest BCUT2D eigenvalue weighted by atomic mass is 10.1. The van der Waals surface area contributed by atoms with Crippen molar-refractivity contribution in [1.29, 1.82) is 0 Å². The SMILES string of the molecule is C[C@@H](O)[C@H](NC(=O)NCC(=O)NC(C)(C)C)C(=O)O. The van der Waals surface area contributed by atoms with Crippen molar-refractivity contribution >= 4 is 17.9 Å². The first-order valence-corrected chi connectivity index (χ1v) is 5.79. The molecule has 0 aliphatic heterocycles. The standard InChI is InChI=1S/C11H21N3O5/c1-6(15)8(9(17)18)13-10(19)12-5-7(16)14-11(2,3)4/h6,8,15H,5H2,1-4H3,(H,14,16)(H,17,18)(H2,12,13,19)/t6-,8+/m1/s1. The molecular weight excluding hydrogens is 254 g/mol. The van der Waals surface area contributed by atoms with Crippen LogP contribution in [-0.4, -0.2) is 52.4 Å². The third kappa shape index (κ3) is 7.98. The van der Waals surface area contributed by atoms with E-state index in [-0.39, 0.29) is 6.54 Å². The largest absolute Gasteiger partial charge is 0.480 e. The molecule has 3 amide bonds. The second-order valence-electron chi connectivity index (χ2n) is 5.18. The minimum Gasteiger partial charge on any atom is -0.480 e. The summed E-state index contributed by atoms with van der Waals surface area (Å²) >= 11 is 0. The van der Waals surface area contributed by atoms with Gasteiger partial charge in [-0.05, 0) is 27.7 Å². The number of aliphatic carboxylic acids is 1. The Kier molecular flexibility index (Phi) is 6.26. The lowest BCUT2D eigenvalue weighted by Gasteiger charge is -2.21. The Morgan fingerprint density at radius 3 is 2.11 bits per heavy atom. The number of carboxylic acids is 1. The molecule has 0 saturated carbocycles. The molecule has 110 valence electrons. The van der Waals surface area contributed by atoms with Gasteiger partial charge in [-0.1, -0.05) is 0 Å². The normalized spacial score (nSPS) is 14.2. The lowest BCUT2D eigenvalue weighted by molar-refractivity contribution is -0.141. The average molecular weight is 275 g/mol. The maximum absolute atomic E-state index is 11.4. The molecule has 0 rings (SSSR count). The molecule has 8 heteroatoms. The van der Waals surface area contributed by atoms with Crippen LogP contribution in [-0.2, 0) is 9.59 Å². The van der Waals surface area contributed by atoms with Crippen LogP contribution >= 0.6 is 0 Å². The van der Waals surface area contributed by atoms with Crippen molar-refractivity contribution in [2.45, 2.75) is 45.4 Å². The molecule has 0 heterocycles. The van der Waals surface area contributed by atoms with Crippen molar-refractivity contribution in [3.05, 3.63) is 0 Å². The van der Waals surface area contributed by atoms with Gasteiger partial charge >= 0.3 is 12.0 Å². The molecule has 0 aromatic carbocycles. The average Bonchev–Trinajstić information content (AvgIpc) is 2.19. The van der Waals surface area contributed by atoms with Crippen LogP contribution in [0, 0.1) is 0 Å². The Bertz CT molecular complexity index is 349. The van der Waals surface area contributed by atoms with Gasteiger partial charge in [0.1, 0.15) is 0 Å². The van der Waals surface area contributed by atoms with Crippen LogP contribution in [0.4, 0.5) is 4.79 Å².